The number of nitro benzene ring substituents is 1. The SMILES string of the molecule is COc1cc(/C=c2/sc3nc4ccccc4n3c2=O)cc(Br)c1OS(=O)(=O)c1ccc([N+](=O)[O-])cc1. The van der Waals surface area contributed by atoms with E-state index in [9.17, 15) is 23.3 Å². The fraction of sp³-hybridized carbons (Fsp3) is 0.0435. The van der Waals surface area contributed by atoms with Crippen LogP contribution in [-0.4, -0.2) is 29.8 Å². The van der Waals surface area contributed by atoms with Crippen molar-refractivity contribution >= 4 is 65.1 Å². The molecule has 0 N–H and O–H groups in total. The fourth-order valence-electron chi connectivity index (χ4n) is 3.56. The van der Waals surface area contributed by atoms with E-state index in [0.29, 0.717) is 20.6 Å². The van der Waals surface area contributed by atoms with Crippen LogP contribution in [-0.2, 0) is 10.1 Å². The van der Waals surface area contributed by atoms with Crippen molar-refractivity contribution in [3.8, 4) is 11.5 Å². The highest BCUT2D eigenvalue weighted by atomic mass is 79.9. The molecule has 2 aromatic heterocycles. The number of hydrogen-bond donors (Lipinski definition) is 0. The zero-order valence-corrected chi connectivity index (χ0v) is 21.5. The first kappa shape index (κ1) is 23.9. The minimum atomic E-state index is -4.32. The summed E-state index contributed by atoms with van der Waals surface area (Å²) in [5.74, 6) is -0.0114. The molecule has 0 aliphatic carbocycles. The first-order chi connectivity index (χ1) is 17.2. The molecule has 36 heavy (non-hydrogen) atoms. The van der Waals surface area contributed by atoms with Gasteiger partial charge in [-0.15, -0.1) is 0 Å². The highest BCUT2D eigenvalue weighted by Crippen LogP contribution is 2.38. The Bertz CT molecular complexity index is 1880. The number of thiazole rings is 1. The van der Waals surface area contributed by atoms with E-state index in [1.807, 2.05) is 24.3 Å². The van der Waals surface area contributed by atoms with Crippen LogP contribution in [0.1, 0.15) is 5.56 Å². The monoisotopic (exact) mass is 587 g/mol. The number of nitro groups is 1. The highest BCUT2D eigenvalue weighted by Gasteiger charge is 2.23. The van der Waals surface area contributed by atoms with E-state index >= 15 is 0 Å². The number of hydrogen-bond acceptors (Lipinski definition) is 9. The van der Waals surface area contributed by atoms with Gasteiger partial charge in [0.15, 0.2) is 16.5 Å². The summed E-state index contributed by atoms with van der Waals surface area (Å²) in [7, 11) is -2.97. The minimum Gasteiger partial charge on any atom is -0.493 e. The molecule has 5 aromatic rings. The maximum atomic E-state index is 13.0. The molecule has 0 amide bonds. The Hall–Kier alpha value is -3.81. The molecule has 0 atom stereocenters. The smallest absolute Gasteiger partial charge is 0.339 e. The van der Waals surface area contributed by atoms with E-state index in [4.69, 9.17) is 8.92 Å². The fourth-order valence-corrected chi connectivity index (χ4v) is 6.15. The van der Waals surface area contributed by atoms with Crippen molar-refractivity contribution in [3.05, 3.63) is 95.7 Å². The number of fused-ring (bicyclic) bond motifs is 3. The van der Waals surface area contributed by atoms with Crippen LogP contribution < -0.4 is 19.0 Å². The lowest BCUT2D eigenvalue weighted by molar-refractivity contribution is -0.384. The average Bonchev–Trinajstić information content (AvgIpc) is 3.36. The van der Waals surface area contributed by atoms with Crippen molar-refractivity contribution in [2.24, 2.45) is 0 Å². The predicted octanol–water partition coefficient (Wildman–Crippen LogP) is 3.90. The Morgan fingerprint density at radius 1 is 1.14 bits per heavy atom. The van der Waals surface area contributed by atoms with Gasteiger partial charge in [-0.2, -0.15) is 8.42 Å². The first-order valence-corrected chi connectivity index (χ1v) is 13.2. The number of nitrogens with zero attached hydrogens (tertiary/aromatic N) is 3. The first-order valence-electron chi connectivity index (χ1n) is 10.2. The van der Waals surface area contributed by atoms with E-state index in [-0.39, 0.29) is 32.1 Å². The van der Waals surface area contributed by atoms with E-state index in [0.717, 1.165) is 29.8 Å². The number of ether oxygens (including phenoxy) is 1. The van der Waals surface area contributed by atoms with Crippen molar-refractivity contribution in [2.45, 2.75) is 4.90 Å². The van der Waals surface area contributed by atoms with Gasteiger partial charge in [0, 0.05) is 12.1 Å². The number of halogens is 1. The largest absolute Gasteiger partial charge is 0.493 e. The second-order valence-electron chi connectivity index (χ2n) is 7.46. The highest BCUT2D eigenvalue weighted by molar-refractivity contribution is 9.10. The van der Waals surface area contributed by atoms with Gasteiger partial charge >= 0.3 is 10.1 Å². The molecule has 0 aliphatic heterocycles. The van der Waals surface area contributed by atoms with Crippen LogP contribution in [0.25, 0.3) is 22.1 Å². The lowest BCUT2D eigenvalue weighted by Gasteiger charge is -2.13. The summed E-state index contributed by atoms with van der Waals surface area (Å²) in [6, 6.07) is 14.8. The summed E-state index contributed by atoms with van der Waals surface area (Å²) in [6.45, 7) is 0. The van der Waals surface area contributed by atoms with E-state index in [1.165, 1.54) is 24.5 Å². The zero-order valence-electron chi connectivity index (χ0n) is 18.2. The summed E-state index contributed by atoms with van der Waals surface area (Å²) in [5.41, 5.74) is 1.53. The Labute approximate surface area is 215 Å². The Kier molecular flexibility index (Phi) is 5.98. The summed E-state index contributed by atoms with van der Waals surface area (Å²) in [4.78, 5) is 28.0. The molecular weight excluding hydrogens is 574 g/mol. The van der Waals surface area contributed by atoms with Crippen molar-refractivity contribution in [1.82, 2.24) is 9.38 Å². The average molecular weight is 588 g/mol. The van der Waals surface area contributed by atoms with Gasteiger partial charge in [0.25, 0.3) is 11.2 Å². The standard InChI is InChI=1S/C23H14BrN3O7S2/c1-33-19-11-13(12-20-22(28)26-18-5-3-2-4-17(18)25-23(26)35-20)10-16(24)21(19)34-36(31,32)15-8-6-14(7-9-15)27(29)30/h2-12H,1H3/b20-12+. The van der Waals surface area contributed by atoms with Crippen molar-refractivity contribution < 1.29 is 22.3 Å². The Morgan fingerprint density at radius 2 is 1.86 bits per heavy atom. The molecule has 0 unspecified atom stereocenters. The summed E-state index contributed by atoms with van der Waals surface area (Å²) >= 11 is 4.55. The van der Waals surface area contributed by atoms with Gasteiger partial charge in [-0.3, -0.25) is 14.9 Å². The predicted molar refractivity (Wildman–Crippen MR) is 137 cm³/mol. The van der Waals surface area contributed by atoms with Gasteiger partial charge in [0.05, 0.1) is 32.1 Å². The van der Waals surface area contributed by atoms with Gasteiger partial charge in [0.1, 0.15) is 4.90 Å². The van der Waals surface area contributed by atoms with Gasteiger partial charge in [0.2, 0.25) is 0 Å². The number of methoxy groups -OCH3 is 1. The molecule has 0 bridgehead atoms. The third-order valence-corrected chi connectivity index (χ3v) is 8.02. The van der Waals surface area contributed by atoms with Crippen LogP contribution in [0.5, 0.6) is 11.5 Å². The van der Waals surface area contributed by atoms with Gasteiger partial charge in [-0.1, -0.05) is 23.5 Å². The number of aromatic nitrogens is 2. The summed E-state index contributed by atoms with van der Waals surface area (Å²) < 4.78 is 38.4. The molecule has 182 valence electrons. The number of para-hydroxylation sites is 2. The molecule has 13 heteroatoms. The third-order valence-electron chi connectivity index (χ3n) is 5.22. The molecule has 10 nitrogen and oxygen atoms in total. The second kappa shape index (κ2) is 9.00. The molecule has 0 saturated carbocycles. The van der Waals surface area contributed by atoms with E-state index in [2.05, 4.69) is 20.9 Å². The molecule has 2 heterocycles. The summed E-state index contributed by atoms with van der Waals surface area (Å²) in [6.07, 6.45) is 1.65. The molecular formula is C23H14BrN3O7S2. The van der Waals surface area contributed by atoms with Gasteiger partial charge in [-0.25, -0.2) is 9.38 Å². The normalized spacial score (nSPS) is 12.3. The molecule has 3 aromatic carbocycles. The van der Waals surface area contributed by atoms with Crippen LogP contribution >= 0.6 is 27.3 Å². The third kappa shape index (κ3) is 4.21. The molecule has 0 fully saturated rings. The minimum absolute atomic E-state index is 0.0975. The van der Waals surface area contributed by atoms with Crippen LogP contribution in [0.15, 0.2) is 74.8 Å². The lowest BCUT2D eigenvalue weighted by atomic mass is 10.2. The number of imidazole rings is 1. The van der Waals surface area contributed by atoms with Crippen LogP contribution in [0, 0.1) is 10.1 Å². The second-order valence-corrected chi connectivity index (χ2v) is 10.9. The lowest BCUT2D eigenvalue weighted by Crippen LogP contribution is -2.22. The number of rotatable bonds is 6. The molecule has 0 saturated heterocycles. The number of non-ortho nitro benzene ring substituents is 1. The van der Waals surface area contributed by atoms with Gasteiger partial charge < -0.3 is 8.92 Å². The van der Waals surface area contributed by atoms with E-state index < -0.39 is 15.0 Å². The van der Waals surface area contributed by atoms with Crippen LogP contribution in [0.3, 0.4) is 0 Å². The topological polar surface area (TPSA) is 130 Å². The Balaban J connectivity index is 1.53. The quantitative estimate of drug-likeness (QED) is 0.166. The Morgan fingerprint density at radius 3 is 2.56 bits per heavy atom. The summed E-state index contributed by atoms with van der Waals surface area (Å²) in [5, 5.41) is 10.8. The van der Waals surface area contributed by atoms with Gasteiger partial charge in [-0.05, 0) is 64.0 Å². The van der Waals surface area contributed by atoms with Crippen LogP contribution in [0.4, 0.5) is 5.69 Å². The van der Waals surface area contributed by atoms with Crippen molar-refractivity contribution in [3.63, 3.8) is 0 Å². The maximum Gasteiger partial charge on any atom is 0.339 e. The maximum absolute atomic E-state index is 13.0. The molecule has 0 radical (unpaired) electrons. The molecule has 0 spiro atoms. The number of benzene rings is 3. The molecule has 5 rings (SSSR count). The van der Waals surface area contributed by atoms with Crippen LogP contribution in [0.2, 0.25) is 0 Å². The van der Waals surface area contributed by atoms with Crippen molar-refractivity contribution in [2.75, 3.05) is 7.11 Å². The zero-order chi connectivity index (χ0) is 25.6. The van der Waals surface area contributed by atoms with E-state index in [1.54, 1.807) is 16.5 Å². The van der Waals surface area contributed by atoms with Crippen molar-refractivity contribution in [1.29, 1.82) is 0 Å². The molecule has 0 aliphatic rings.